The minimum atomic E-state index is 0.591. The van der Waals surface area contributed by atoms with Gasteiger partial charge in [-0.3, -0.25) is 5.32 Å². The highest BCUT2D eigenvalue weighted by Gasteiger charge is 2.16. The van der Waals surface area contributed by atoms with E-state index in [0.29, 0.717) is 5.17 Å². The lowest BCUT2D eigenvalue weighted by Crippen LogP contribution is -2.12. The quantitative estimate of drug-likeness (QED) is 0.400. The molecule has 2 heterocycles. The molecule has 0 spiro atoms. The van der Waals surface area contributed by atoms with Crippen molar-refractivity contribution in [2.75, 3.05) is 6.26 Å². The van der Waals surface area contributed by atoms with Gasteiger partial charge in [0.2, 0.25) is 0 Å². The van der Waals surface area contributed by atoms with Crippen molar-refractivity contribution >= 4 is 22.6 Å². The highest BCUT2D eigenvalue weighted by Crippen LogP contribution is 2.28. The van der Waals surface area contributed by atoms with E-state index in [1.54, 1.807) is 0 Å². The summed E-state index contributed by atoms with van der Waals surface area (Å²) in [6.07, 6.45) is 7.94. The van der Waals surface area contributed by atoms with Crippen LogP contribution in [0, 0.1) is 11.5 Å². The average molecular weight is 297 g/mol. The standard InChI is InChI=1S/C15H15N5S/c1-21-15(18-10-16)19-12-5-2-4-11(8-12)13-9-17-14-6-3-7-20(13)14/h2,4-5,8-9H,3,6-7H2,1H3,(H,18,19). The molecule has 3 rings (SSSR count). The highest BCUT2D eigenvalue weighted by molar-refractivity contribution is 8.13. The minimum Gasteiger partial charge on any atom is -0.328 e. The van der Waals surface area contributed by atoms with Crippen molar-refractivity contribution in [3.63, 3.8) is 0 Å². The topological polar surface area (TPSA) is 66.0 Å². The maximum absolute atomic E-state index is 8.69. The number of amidine groups is 1. The number of aliphatic imine (C=N–C) groups is 1. The van der Waals surface area contributed by atoms with Gasteiger partial charge in [-0.25, -0.2) is 9.98 Å². The normalized spacial score (nSPS) is 13.8. The molecule has 1 aliphatic heterocycles. The summed E-state index contributed by atoms with van der Waals surface area (Å²) in [4.78, 5) is 8.92. The van der Waals surface area contributed by atoms with Gasteiger partial charge in [0.25, 0.3) is 0 Å². The van der Waals surface area contributed by atoms with Gasteiger partial charge in [0.1, 0.15) is 5.82 Å². The van der Waals surface area contributed by atoms with E-state index in [9.17, 15) is 0 Å². The fraction of sp³-hybridized carbons (Fsp3) is 0.267. The van der Waals surface area contributed by atoms with Gasteiger partial charge in [-0.1, -0.05) is 23.9 Å². The van der Waals surface area contributed by atoms with Crippen molar-refractivity contribution in [2.45, 2.75) is 19.4 Å². The van der Waals surface area contributed by atoms with Gasteiger partial charge in [0, 0.05) is 18.5 Å². The number of fused-ring (bicyclic) bond motifs is 1. The number of nitrogens with zero attached hydrogens (tertiary/aromatic N) is 4. The molecule has 1 aromatic heterocycles. The first-order valence-corrected chi connectivity index (χ1v) is 7.97. The summed E-state index contributed by atoms with van der Waals surface area (Å²) in [6.45, 7) is 1.03. The van der Waals surface area contributed by atoms with Crippen LogP contribution in [0.15, 0.2) is 35.5 Å². The summed E-state index contributed by atoms with van der Waals surface area (Å²) < 4.78 is 2.27. The summed E-state index contributed by atoms with van der Waals surface area (Å²) in [5, 5.41) is 11.9. The molecule has 1 N–H and O–H groups in total. The van der Waals surface area contributed by atoms with E-state index >= 15 is 0 Å². The molecule has 0 saturated heterocycles. The Morgan fingerprint density at radius 3 is 3.24 bits per heavy atom. The van der Waals surface area contributed by atoms with Crippen LogP contribution in [0.3, 0.4) is 0 Å². The van der Waals surface area contributed by atoms with Crippen LogP contribution in [0.4, 0.5) is 5.69 Å². The molecule has 2 aromatic rings. The van der Waals surface area contributed by atoms with Crippen molar-refractivity contribution in [3.8, 4) is 17.5 Å². The molecule has 0 unspecified atom stereocenters. The maximum Gasteiger partial charge on any atom is 0.183 e. The molecule has 0 bridgehead atoms. The summed E-state index contributed by atoms with van der Waals surface area (Å²) in [5.74, 6) is 1.16. The first-order chi connectivity index (χ1) is 10.3. The van der Waals surface area contributed by atoms with Gasteiger partial charge in [-0.15, -0.1) is 0 Å². The SMILES string of the molecule is CSC(=Nc1cccc(-c2cnc3n2CCC3)c1)NC#N. The molecule has 1 aliphatic rings. The zero-order valence-corrected chi connectivity index (χ0v) is 12.5. The molecule has 6 heteroatoms. The Kier molecular flexibility index (Phi) is 3.93. The monoisotopic (exact) mass is 297 g/mol. The number of thioether (sulfide) groups is 1. The molecule has 0 radical (unpaired) electrons. The first kappa shape index (κ1) is 13.7. The number of benzene rings is 1. The predicted molar refractivity (Wildman–Crippen MR) is 85.3 cm³/mol. The molecule has 0 saturated carbocycles. The Labute approximate surface area is 127 Å². The number of imidazole rings is 1. The predicted octanol–water partition coefficient (Wildman–Crippen LogP) is 2.92. The van der Waals surface area contributed by atoms with Crippen LogP contribution in [-0.2, 0) is 13.0 Å². The van der Waals surface area contributed by atoms with Crippen molar-refractivity contribution in [1.82, 2.24) is 14.9 Å². The van der Waals surface area contributed by atoms with E-state index in [1.807, 2.05) is 36.8 Å². The summed E-state index contributed by atoms with van der Waals surface area (Å²) in [5.41, 5.74) is 3.07. The molecule has 21 heavy (non-hydrogen) atoms. The lowest BCUT2D eigenvalue weighted by Gasteiger charge is -2.06. The van der Waals surface area contributed by atoms with E-state index < -0.39 is 0 Å². The smallest absolute Gasteiger partial charge is 0.183 e. The van der Waals surface area contributed by atoms with E-state index in [0.717, 1.165) is 42.2 Å². The second-order valence-electron chi connectivity index (χ2n) is 4.72. The van der Waals surface area contributed by atoms with E-state index in [2.05, 4.69) is 25.9 Å². The Morgan fingerprint density at radius 2 is 2.43 bits per heavy atom. The zero-order valence-electron chi connectivity index (χ0n) is 11.7. The van der Waals surface area contributed by atoms with E-state index in [-0.39, 0.29) is 0 Å². The number of hydrogen-bond acceptors (Lipinski definition) is 4. The van der Waals surface area contributed by atoms with E-state index in [1.165, 1.54) is 11.8 Å². The van der Waals surface area contributed by atoms with Crippen LogP contribution in [0.5, 0.6) is 0 Å². The highest BCUT2D eigenvalue weighted by atomic mass is 32.2. The largest absolute Gasteiger partial charge is 0.328 e. The number of rotatable bonds is 2. The van der Waals surface area contributed by atoms with Crippen LogP contribution < -0.4 is 5.32 Å². The zero-order chi connectivity index (χ0) is 14.7. The number of nitrogens with one attached hydrogen (secondary N) is 1. The number of aromatic nitrogens is 2. The second kappa shape index (κ2) is 6.02. The van der Waals surface area contributed by atoms with Crippen molar-refractivity contribution in [1.29, 1.82) is 5.26 Å². The summed E-state index contributed by atoms with van der Waals surface area (Å²) in [7, 11) is 0. The fourth-order valence-corrected chi connectivity index (χ4v) is 2.86. The van der Waals surface area contributed by atoms with Gasteiger partial charge in [-0.2, -0.15) is 5.26 Å². The lowest BCUT2D eigenvalue weighted by atomic mass is 10.1. The maximum atomic E-state index is 8.69. The van der Waals surface area contributed by atoms with Crippen molar-refractivity contribution in [2.24, 2.45) is 4.99 Å². The Morgan fingerprint density at radius 1 is 1.52 bits per heavy atom. The second-order valence-corrected chi connectivity index (χ2v) is 5.52. The van der Waals surface area contributed by atoms with Crippen molar-refractivity contribution < 1.29 is 0 Å². The van der Waals surface area contributed by atoms with Gasteiger partial charge >= 0.3 is 0 Å². The Hall–Kier alpha value is -2.26. The molecule has 106 valence electrons. The third kappa shape index (κ3) is 2.78. The van der Waals surface area contributed by atoms with Gasteiger partial charge in [0.05, 0.1) is 17.6 Å². The molecule has 1 aromatic carbocycles. The fourth-order valence-electron chi connectivity index (χ4n) is 2.51. The van der Waals surface area contributed by atoms with Crippen LogP contribution in [-0.4, -0.2) is 21.0 Å². The molecule has 0 amide bonds. The van der Waals surface area contributed by atoms with Gasteiger partial charge in [-0.05, 0) is 24.8 Å². The van der Waals surface area contributed by atoms with Crippen molar-refractivity contribution in [3.05, 3.63) is 36.3 Å². The minimum absolute atomic E-state index is 0.591. The summed E-state index contributed by atoms with van der Waals surface area (Å²) >= 11 is 1.41. The molecule has 0 aliphatic carbocycles. The molecule has 0 fully saturated rings. The molecular formula is C15H15N5S. The molecule has 0 atom stereocenters. The Balaban J connectivity index is 1.95. The van der Waals surface area contributed by atoms with Crippen LogP contribution in [0.2, 0.25) is 0 Å². The van der Waals surface area contributed by atoms with E-state index in [4.69, 9.17) is 5.26 Å². The third-order valence-electron chi connectivity index (χ3n) is 3.45. The molecular weight excluding hydrogens is 282 g/mol. The average Bonchev–Trinajstić information content (AvgIpc) is 3.10. The first-order valence-electron chi connectivity index (χ1n) is 6.74. The lowest BCUT2D eigenvalue weighted by molar-refractivity contribution is 0.756. The molecule has 5 nitrogen and oxygen atoms in total. The number of hydrogen-bond donors (Lipinski definition) is 1. The van der Waals surface area contributed by atoms with Gasteiger partial charge in [0.15, 0.2) is 11.4 Å². The van der Waals surface area contributed by atoms with Gasteiger partial charge < -0.3 is 4.57 Å². The summed E-state index contributed by atoms with van der Waals surface area (Å²) in [6, 6.07) is 8.00. The number of nitriles is 1. The van der Waals surface area contributed by atoms with Crippen LogP contribution >= 0.6 is 11.8 Å². The Bertz CT molecular complexity index is 726. The van der Waals surface area contributed by atoms with Crippen LogP contribution in [0.1, 0.15) is 12.2 Å². The number of aryl methyl sites for hydroxylation is 1. The van der Waals surface area contributed by atoms with Crippen LogP contribution in [0.25, 0.3) is 11.3 Å². The third-order valence-corrected chi connectivity index (χ3v) is 4.03.